The molecule has 1 aliphatic rings. The molecule has 2 aromatic rings. The van der Waals surface area contributed by atoms with Gasteiger partial charge in [-0.15, -0.1) is 0 Å². The molecule has 0 radical (unpaired) electrons. The fraction of sp³-hybridized carbons (Fsp3) is 0.267. The largest absolute Gasteiger partial charge is 0.380 e. The molecule has 102 valence electrons. The van der Waals surface area contributed by atoms with Crippen LogP contribution in [0, 0.1) is 0 Å². The normalized spacial score (nSPS) is 13.8. The number of nitrogens with zero attached hydrogens (tertiary/aromatic N) is 2. The zero-order chi connectivity index (χ0) is 13.8. The maximum Gasteiger partial charge on any atom is 0.253 e. The second-order valence-electron chi connectivity index (χ2n) is 4.92. The highest BCUT2D eigenvalue weighted by molar-refractivity contribution is 5.95. The van der Waals surface area contributed by atoms with E-state index in [2.05, 4.69) is 20.6 Å². The monoisotopic (exact) mass is 268 g/mol. The molecule has 1 saturated carbocycles. The number of rotatable bonds is 5. The minimum Gasteiger partial charge on any atom is -0.380 e. The zero-order valence-electron chi connectivity index (χ0n) is 11.0. The summed E-state index contributed by atoms with van der Waals surface area (Å²) in [5.41, 5.74) is 2.56. The van der Waals surface area contributed by atoms with Crippen LogP contribution in [-0.4, -0.2) is 21.9 Å². The first-order chi connectivity index (χ1) is 9.81. The number of pyridine rings is 2. The van der Waals surface area contributed by atoms with Gasteiger partial charge in [-0.1, -0.05) is 0 Å². The van der Waals surface area contributed by atoms with Crippen molar-refractivity contribution in [3.8, 4) is 0 Å². The maximum absolute atomic E-state index is 11.9. The molecular weight excluding hydrogens is 252 g/mol. The lowest BCUT2D eigenvalue weighted by atomic mass is 10.2. The van der Waals surface area contributed by atoms with Gasteiger partial charge in [0.05, 0.1) is 11.3 Å². The van der Waals surface area contributed by atoms with Crippen molar-refractivity contribution in [1.82, 2.24) is 15.3 Å². The molecule has 3 rings (SSSR count). The molecule has 2 heterocycles. The second kappa shape index (κ2) is 5.69. The molecule has 1 aliphatic carbocycles. The first kappa shape index (κ1) is 12.6. The van der Waals surface area contributed by atoms with Crippen LogP contribution >= 0.6 is 0 Å². The van der Waals surface area contributed by atoms with Crippen molar-refractivity contribution in [3.63, 3.8) is 0 Å². The highest BCUT2D eigenvalue weighted by Gasteiger charge is 2.23. The molecule has 0 unspecified atom stereocenters. The highest BCUT2D eigenvalue weighted by atomic mass is 16.1. The summed E-state index contributed by atoms with van der Waals surface area (Å²) < 4.78 is 0. The van der Waals surface area contributed by atoms with Gasteiger partial charge in [-0.2, -0.15) is 0 Å². The van der Waals surface area contributed by atoms with Crippen molar-refractivity contribution in [3.05, 3.63) is 54.1 Å². The molecule has 20 heavy (non-hydrogen) atoms. The van der Waals surface area contributed by atoms with E-state index in [1.807, 2.05) is 18.2 Å². The van der Waals surface area contributed by atoms with Gasteiger partial charge in [0.2, 0.25) is 0 Å². The summed E-state index contributed by atoms with van der Waals surface area (Å²) >= 11 is 0. The summed E-state index contributed by atoms with van der Waals surface area (Å²) in [7, 11) is 0. The molecule has 5 heteroatoms. The maximum atomic E-state index is 11.9. The fourth-order valence-corrected chi connectivity index (χ4v) is 1.86. The average Bonchev–Trinajstić information content (AvgIpc) is 3.30. The predicted octanol–water partition coefficient (Wildman–Crippen LogP) is 1.98. The quantitative estimate of drug-likeness (QED) is 0.870. The van der Waals surface area contributed by atoms with E-state index in [1.165, 1.54) is 0 Å². The van der Waals surface area contributed by atoms with Crippen LogP contribution < -0.4 is 10.6 Å². The molecule has 0 aromatic carbocycles. The van der Waals surface area contributed by atoms with Crippen LogP contribution in [0.5, 0.6) is 0 Å². The molecule has 0 bridgehead atoms. The van der Waals surface area contributed by atoms with Crippen LogP contribution in [0.15, 0.2) is 43.0 Å². The molecule has 2 aromatic heterocycles. The Balaban J connectivity index is 1.63. The summed E-state index contributed by atoms with van der Waals surface area (Å²) in [6.07, 6.45) is 8.99. The summed E-state index contributed by atoms with van der Waals surface area (Å²) in [5.74, 6) is -0.0486. The number of aromatic nitrogens is 2. The van der Waals surface area contributed by atoms with E-state index >= 15 is 0 Å². The standard InChI is InChI=1S/C15H16N4O/c20-15(19-13-1-2-13)12-7-14(10-17-9-12)18-8-11-3-5-16-6-4-11/h3-7,9-10,13,18H,1-2,8H2,(H,19,20). The first-order valence-electron chi connectivity index (χ1n) is 6.70. The molecule has 1 fully saturated rings. The number of hydrogen-bond donors (Lipinski definition) is 2. The van der Waals surface area contributed by atoms with Gasteiger partial charge in [0, 0.05) is 37.4 Å². The average molecular weight is 268 g/mol. The van der Waals surface area contributed by atoms with E-state index in [-0.39, 0.29) is 5.91 Å². The summed E-state index contributed by atoms with van der Waals surface area (Å²) in [4.78, 5) is 20.0. The Hall–Kier alpha value is -2.43. The van der Waals surface area contributed by atoms with Crippen LogP contribution in [0.3, 0.4) is 0 Å². The Kier molecular flexibility index (Phi) is 3.58. The van der Waals surface area contributed by atoms with E-state index in [9.17, 15) is 4.79 Å². The number of anilines is 1. The Morgan fingerprint density at radius 3 is 2.75 bits per heavy atom. The summed E-state index contributed by atoms with van der Waals surface area (Å²) in [6.45, 7) is 0.678. The van der Waals surface area contributed by atoms with Gasteiger partial charge < -0.3 is 10.6 Å². The lowest BCUT2D eigenvalue weighted by molar-refractivity contribution is 0.0951. The molecule has 0 aliphatic heterocycles. The van der Waals surface area contributed by atoms with E-state index in [0.717, 1.165) is 24.1 Å². The van der Waals surface area contributed by atoms with Gasteiger partial charge in [-0.3, -0.25) is 14.8 Å². The third kappa shape index (κ3) is 3.32. The molecule has 1 amide bonds. The van der Waals surface area contributed by atoms with Crippen LogP contribution in [0.1, 0.15) is 28.8 Å². The van der Waals surface area contributed by atoms with E-state index in [1.54, 1.807) is 24.8 Å². The third-order valence-corrected chi connectivity index (χ3v) is 3.16. The first-order valence-corrected chi connectivity index (χ1v) is 6.70. The van der Waals surface area contributed by atoms with Gasteiger partial charge in [-0.25, -0.2) is 0 Å². The Labute approximate surface area is 117 Å². The van der Waals surface area contributed by atoms with Crippen molar-refractivity contribution in [2.24, 2.45) is 0 Å². The highest BCUT2D eigenvalue weighted by Crippen LogP contribution is 2.19. The Morgan fingerprint density at radius 1 is 1.20 bits per heavy atom. The predicted molar refractivity (Wildman–Crippen MR) is 76.3 cm³/mol. The zero-order valence-corrected chi connectivity index (χ0v) is 11.0. The molecular formula is C15H16N4O. The van der Waals surface area contributed by atoms with Gasteiger partial charge >= 0.3 is 0 Å². The molecule has 2 N–H and O–H groups in total. The van der Waals surface area contributed by atoms with Crippen molar-refractivity contribution in [1.29, 1.82) is 0 Å². The molecule has 0 saturated heterocycles. The smallest absolute Gasteiger partial charge is 0.253 e. The minimum absolute atomic E-state index is 0.0486. The molecule has 0 spiro atoms. The van der Waals surface area contributed by atoms with E-state index in [4.69, 9.17) is 0 Å². The number of carbonyl (C=O) groups excluding carboxylic acids is 1. The number of carbonyl (C=O) groups is 1. The van der Waals surface area contributed by atoms with Crippen molar-refractivity contribution < 1.29 is 4.79 Å². The summed E-state index contributed by atoms with van der Waals surface area (Å²) in [5, 5.41) is 6.21. The van der Waals surface area contributed by atoms with Crippen molar-refractivity contribution in [2.45, 2.75) is 25.4 Å². The van der Waals surface area contributed by atoms with E-state index < -0.39 is 0 Å². The van der Waals surface area contributed by atoms with Gasteiger partial charge in [0.15, 0.2) is 0 Å². The van der Waals surface area contributed by atoms with Crippen LogP contribution in [0.4, 0.5) is 5.69 Å². The lowest BCUT2D eigenvalue weighted by Gasteiger charge is -2.08. The van der Waals surface area contributed by atoms with Crippen molar-refractivity contribution >= 4 is 11.6 Å². The Morgan fingerprint density at radius 2 is 2.00 bits per heavy atom. The fourth-order valence-electron chi connectivity index (χ4n) is 1.86. The minimum atomic E-state index is -0.0486. The topological polar surface area (TPSA) is 66.9 Å². The molecule has 5 nitrogen and oxygen atoms in total. The van der Waals surface area contributed by atoms with E-state index in [0.29, 0.717) is 18.2 Å². The second-order valence-corrected chi connectivity index (χ2v) is 4.92. The van der Waals surface area contributed by atoms with Gasteiger partial charge in [0.25, 0.3) is 5.91 Å². The molecule has 0 atom stereocenters. The van der Waals surface area contributed by atoms with Gasteiger partial charge in [-0.05, 0) is 36.6 Å². The SMILES string of the molecule is O=C(NC1CC1)c1cncc(NCc2ccncc2)c1. The van der Waals surface area contributed by atoms with Crippen LogP contribution in [-0.2, 0) is 6.54 Å². The van der Waals surface area contributed by atoms with Gasteiger partial charge in [0.1, 0.15) is 0 Å². The number of nitrogens with one attached hydrogen (secondary N) is 2. The Bertz CT molecular complexity index is 596. The lowest BCUT2D eigenvalue weighted by Crippen LogP contribution is -2.25. The third-order valence-electron chi connectivity index (χ3n) is 3.16. The van der Waals surface area contributed by atoms with Crippen molar-refractivity contribution in [2.75, 3.05) is 5.32 Å². The van der Waals surface area contributed by atoms with Crippen LogP contribution in [0.25, 0.3) is 0 Å². The summed E-state index contributed by atoms with van der Waals surface area (Å²) in [6, 6.07) is 6.08. The number of amides is 1. The number of hydrogen-bond acceptors (Lipinski definition) is 4. The van der Waals surface area contributed by atoms with Crippen LogP contribution in [0.2, 0.25) is 0 Å².